The van der Waals surface area contributed by atoms with Crippen molar-refractivity contribution in [3.63, 3.8) is 0 Å². The van der Waals surface area contributed by atoms with Crippen LogP contribution >= 0.6 is 0 Å². The third-order valence-electron chi connectivity index (χ3n) is 3.19. The van der Waals surface area contributed by atoms with E-state index in [-0.39, 0.29) is 5.41 Å². The molecule has 19 heavy (non-hydrogen) atoms. The van der Waals surface area contributed by atoms with Gasteiger partial charge in [-0.25, -0.2) is 0 Å². The SMILES string of the molecule is Cc1cc2c(cc1CNCC(C)(C)C#N)OCCO2. The fraction of sp³-hybridized carbons (Fsp3) is 0.533. The van der Waals surface area contributed by atoms with Crippen LogP contribution in [0.25, 0.3) is 0 Å². The van der Waals surface area contributed by atoms with E-state index in [0.29, 0.717) is 19.8 Å². The van der Waals surface area contributed by atoms with Crippen LogP contribution in [0.1, 0.15) is 25.0 Å². The average molecular weight is 260 g/mol. The molecule has 1 aromatic rings. The van der Waals surface area contributed by atoms with E-state index in [1.807, 2.05) is 26.0 Å². The predicted octanol–water partition coefficient (Wildman–Crippen LogP) is 2.41. The number of aryl methyl sites for hydroxylation is 1. The van der Waals surface area contributed by atoms with E-state index in [1.165, 1.54) is 11.1 Å². The molecule has 0 saturated heterocycles. The van der Waals surface area contributed by atoms with Crippen LogP contribution in [0.15, 0.2) is 12.1 Å². The lowest BCUT2D eigenvalue weighted by molar-refractivity contribution is 0.171. The van der Waals surface area contributed by atoms with Gasteiger partial charge in [0.05, 0.1) is 11.5 Å². The zero-order valence-electron chi connectivity index (χ0n) is 11.7. The van der Waals surface area contributed by atoms with Gasteiger partial charge in [-0.05, 0) is 44.0 Å². The third kappa shape index (κ3) is 3.39. The Bertz CT molecular complexity index is 504. The number of benzene rings is 1. The topological polar surface area (TPSA) is 54.3 Å². The molecule has 1 aliphatic rings. The summed E-state index contributed by atoms with van der Waals surface area (Å²) in [7, 11) is 0. The largest absolute Gasteiger partial charge is 0.486 e. The first-order chi connectivity index (χ1) is 9.02. The molecule has 4 heteroatoms. The lowest BCUT2D eigenvalue weighted by Crippen LogP contribution is -2.28. The van der Waals surface area contributed by atoms with Crippen LogP contribution in [0.4, 0.5) is 0 Å². The second-order valence-corrected chi connectivity index (χ2v) is 5.52. The lowest BCUT2D eigenvalue weighted by atomic mass is 9.96. The van der Waals surface area contributed by atoms with Crippen molar-refractivity contribution in [3.05, 3.63) is 23.3 Å². The molecule has 0 spiro atoms. The van der Waals surface area contributed by atoms with Crippen molar-refractivity contribution in [1.29, 1.82) is 5.26 Å². The molecule has 0 aromatic heterocycles. The Hall–Kier alpha value is -1.73. The maximum Gasteiger partial charge on any atom is 0.161 e. The summed E-state index contributed by atoms with van der Waals surface area (Å²) < 4.78 is 11.1. The van der Waals surface area contributed by atoms with E-state index in [1.54, 1.807) is 0 Å². The number of ether oxygens (including phenoxy) is 2. The van der Waals surface area contributed by atoms with Gasteiger partial charge in [0.25, 0.3) is 0 Å². The lowest BCUT2D eigenvalue weighted by Gasteiger charge is -2.21. The Morgan fingerprint density at radius 3 is 2.53 bits per heavy atom. The van der Waals surface area contributed by atoms with E-state index in [4.69, 9.17) is 14.7 Å². The van der Waals surface area contributed by atoms with Gasteiger partial charge in [0.2, 0.25) is 0 Å². The predicted molar refractivity (Wildman–Crippen MR) is 73.3 cm³/mol. The first-order valence-corrected chi connectivity index (χ1v) is 6.53. The number of nitriles is 1. The number of hydrogen-bond donors (Lipinski definition) is 1. The Balaban J connectivity index is 2.03. The quantitative estimate of drug-likeness (QED) is 0.903. The van der Waals surface area contributed by atoms with Gasteiger partial charge < -0.3 is 14.8 Å². The van der Waals surface area contributed by atoms with Crippen LogP contribution in [0.3, 0.4) is 0 Å². The van der Waals surface area contributed by atoms with Crippen LogP contribution in [0.2, 0.25) is 0 Å². The maximum absolute atomic E-state index is 8.98. The Labute approximate surface area is 114 Å². The number of nitrogens with one attached hydrogen (secondary N) is 1. The second-order valence-electron chi connectivity index (χ2n) is 5.52. The molecule has 0 amide bonds. The van der Waals surface area contributed by atoms with Crippen molar-refractivity contribution in [2.24, 2.45) is 5.41 Å². The van der Waals surface area contributed by atoms with Crippen molar-refractivity contribution >= 4 is 0 Å². The Morgan fingerprint density at radius 2 is 1.89 bits per heavy atom. The van der Waals surface area contributed by atoms with Gasteiger partial charge in [-0.1, -0.05) is 0 Å². The highest BCUT2D eigenvalue weighted by atomic mass is 16.6. The zero-order chi connectivity index (χ0) is 13.9. The van der Waals surface area contributed by atoms with E-state index in [2.05, 4.69) is 18.3 Å². The standard InChI is InChI=1S/C15H20N2O2/c1-11-6-13-14(19-5-4-18-13)7-12(11)8-17-10-15(2,3)9-16/h6-7,17H,4-5,8,10H2,1-3H3. The molecule has 0 radical (unpaired) electrons. The van der Waals surface area contributed by atoms with Gasteiger partial charge in [-0.3, -0.25) is 0 Å². The summed E-state index contributed by atoms with van der Waals surface area (Å²) >= 11 is 0. The van der Waals surface area contributed by atoms with Gasteiger partial charge in [0, 0.05) is 13.1 Å². The van der Waals surface area contributed by atoms with E-state index < -0.39 is 0 Å². The summed E-state index contributed by atoms with van der Waals surface area (Å²) in [4.78, 5) is 0. The highest BCUT2D eigenvalue weighted by Crippen LogP contribution is 2.32. The van der Waals surface area contributed by atoms with Crippen molar-refractivity contribution in [3.8, 4) is 17.6 Å². The van der Waals surface area contributed by atoms with Gasteiger partial charge in [0.1, 0.15) is 13.2 Å². The summed E-state index contributed by atoms with van der Waals surface area (Å²) in [6.45, 7) is 8.52. The molecule has 0 unspecified atom stereocenters. The molecule has 4 nitrogen and oxygen atoms in total. The summed E-state index contributed by atoms with van der Waals surface area (Å²) in [5.74, 6) is 1.64. The first-order valence-electron chi connectivity index (χ1n) is 6.53. The summed E-state index contributed by atoms with van der Waals surface area (Å²) in [6, 6.07) is 6.32. The highest BCUT2D eigenvalue weighted by Gasteiger charge is 2.17. The molecule has 1 aliphatic heterocycles. The van der Waals surface area contributed by atoms with Crippen LogP contribution in [-0.2, 0) is 6.54 Å². The minimum absolute atomic E-state index is 0.346. The van der Waals surface area contributed by atoms with Crippen LogP contribution in [-0.4, -0.2) is 19.8 Å². The summed E-state index contributed by atoms with van der Waals surface area (Å²) in [6.07, 6.45) is 0. The molecule has 102 valence electrons. The summed E-state index contributed by atoms with van der Waals surface area (Å²) in [5.41, 5.74) is 2.01. The number of fused-ring (bicyclic) bond motifs is 1. The Kier molecular flexibility index (Phi) is 3.96. The fourth-order valence-electron chi connectivity index (χ4n) is 1.97. The summed E-state index contributed by atoms with van der Waals surface area (Å²) in [5, 5.41) is 12.3. The number of nitrogens with zero attached hydrogens (tertiary/aromatic N) is 1. The van der Waals surface area contributed by atoms with E-state index >= 15 is 0 Å². The highest BCUT2D eigenvalue weighted by molar-refractivity contribution is 5.47. The van der Waals surface area contributed by atoms with Crippen molar-refractivity contribution in [2.45, 2.75) is 27.3 Å². The van der Waals surface area contributed by atoms with Gasteiger partial charge in [-0.2, -0.15) is 5.26 Å². The molecule has 0 saturated carbocycles. The maximum atomic E-state index is 8.98. The van der Waals surface area contributed by atoms with Crippen LogP contribution in [0, 0.1) is 23.7 Å². The molecule has 0 aliphatic carbocycles. The molecule has 0 fully saturated rings. The number of rotatable bonds is 4. The number of hydrogen-bond acceptors (Lipinski definition) is 4. The third-order valence-corrected chi connectivity index (χ3v) is 3.19. The first kappa shape index (κ1) is 13.7. The molecule has 0 bridgehead atoms. The van der Waals surface area contributed by atoms with Crippen LogP contribution < -0.4 is 14.8 Å². The molecule has 2 rings (SSSR count). The molecule has 0 atom stereocenters. The molecular formula is C15H20N2O2. The molecular weight excluding hydrogens is 240 g/mol. The monoisotopic (exact) mass is 260 g/mol. The minimum atomic E-state index is -0.346. The van der Waals surface area contributed by atoms with Crippen molar-refractivity contribution in [1.82, 2.24) is 5.32 Å². The second kappa shape index (κ2) is 5.50. The minimum Gasteiger partial charge on any atom is -0.486 e. The average Bonchev–Trinajstić information content (AvgIpc) is 2.39. The van der Waals surface area contributed by atoms with Gasteiger partial charge in [0.15, 0.2) is 11.5 Å². The van der Waals surface area contributed by atoms with Crippen LogP contribution in [0.5, 0.6) is 11.5 Å². The fourth-order valence-corrected chi connectivity index (χ4v) is 1.97. The van der Waals surface area contributed by atoms with Gasteiger partial charge in [-0.15, -0.1) is 0 Å². The zero-order valence-corrected chi connectivity index (χ0v) is 11.7. The van der Waals surface area contributed by atoms with Crippen molar-refractivity contribution < 1.29 is 9.47 Å². The van der Waals surface area contributed by atoms with Crippen molar-refractivity contribution in [2.75, 3.05) is 19.8 Å². The molecule has 1 heterocycles. The normalized spacial score (nSPS) is 14.0. The van der Waals surface area contributed by atoms with E-state index in [0.717, 1.165) is 18.0 Å². The smallest absolute Gasteiger partial charge is 0.161 e. The Morgan fingerprint density at radius 1 is 1.26 bits per heavy atom. The van der Waals surface area contributed by atoms with Gasteiger partial charge >= 0.3 is 0 Å². The molecule has 1 N–H and O–H groups in total. The molecule has 1 aromatic carbocycles. The van der Waals surface area contributed by atoms with E-state index in [9.17, 15) is 0 Å².